The number of hydrogen-bond donors (Lipinski definition) is 3. The van der Waals surface area contributed by atoms with Gasteiger partial charge in [0.2, 0.25) is 0 Å². The zero-order chi connectivity index (χ0) is 16.2. The minimum atomic E-state index is -0.543. The predicted octanol–water partition coefficient (Wildman–Crippen LogP) is 0.571. The van der Waals surface area contributed by atoms with Gasteiger partial charge in [0.25, 0.3) is 6.20 Å². The van der Waals surface area contributed by atoms with Crippen molar-refractivity contribution in [3.63, 3.8) is 0 Å². The highest BCUT2D eigenvalue weighted by Gasteiger charge is 2.04. The SMILES string of the molecule is COc1cccnc1CSCCN/C(=C/[N+](=O)[O-])NCCO. The Balaban J connectivity index is 2.32. The molecule has 8 nitrogen and oxygen atoms in total. The van der Waals surface area contributed by atoms with Gasteiger partial charge < -0.3 is 20.5 Å². The lowest BCUT2D eigenvalue weighted by Gasteiger charge is -2.10. The molecule has 1 rings (SSSR count). The molecule has 9 heteroatoms. The van der Waals surface area contributed by atoms with Gasteiger partial charge in [0, 0.05) is 30.8 Å². The average Bonchev–Trinajstić information content (AvgIpc) is 2.51. The molecule has 0 amide bonds. The van der Waals surface area contributed by atoms with Gasteiger partial charge >= 0.3 is 0 Å². The lowest BCUT2D eigenvalue weighted by molar-refractivity contribution is -0.404. The molecule has 0 aliphatic carbocycles. The first-order chi connectivity index (χ1) is 10.7. The molecule has 0 bridgehead atoms. The van der Waals surface area contributed by atoms with Crippen LogP contribution in [0.15, 0.2) is 30.4 Å². The van der Waals surface area contributed by atoms with Crippen molar-refractivity contribution in [2.45, 2.75) is 5.75 Å². The second kappa shape index (κ2) is 10.7. The van der Waals surface area contributed by atoms with Crippen molar-refractivity contribution in [2.24, 2.45) is 0 Å². The van der Waals surface area contributed by atoms with Crippen LogP contribution in [-0.4, -0.2) is 47.6 Å². The topological polar surface area (TPSA) is 110 Å². The Hall–Kier alpha value is -2.00. The molecule has 0 aliphatic heterocycles. The summed E-state index contributed by atoms with van der Waals surface area (Å²) in [5.41, 5.74) is 0.870. The minimum absolute atomic E-state index is 0.0923. The van der Waals surface area contributed by atoms with Crippen LogP contribution < -0.4 is 15.4 Å². The Kier molecular flexibility index (Phi) is 8.77. The number of nitrogens with zero attached hydrogens (tertiary/aromatic N) is 2. The van der Waals surface area contributed by atoms with E-state index in [0.29, 0.717) is 12.3 Å². The third-order valence-corrected chi connectivity index (χ3v) is 3.50. The molecule has 0 atom stereocenters. The van der Waals surface area contributed by atoms with Crippen LogP contribution in [0, 0.1) is 10.1 Å². The Morgan fingerprint density at radius 1 is 1.55 bits per heavy atom. The Morgan fingerprint density at radius 3 is 3.00 bits per heavy atom. The summed E-state index contributed by atoms with van der Waals surface area (Å²) in [6.07, 6.45) is 2.56. The Morgan fingerprint density at radius 2 is 2.32 bits per heavy atom. The van der Waals surface area contributed by atoms with E-state index in [9.17, 15) is 10.1 Å². The number of hydrogen-bond acceptors (Lipinski definition) is 8. The van der Waals surface area contributed by atoms with E-state index in [2.05, 4.69) is 15.6 Å². The highest BCUT2D eigenvalue weighted by molar-refractivity contribution is 7.98. The van der Waals surface area contributed by atoms with Crippen LogP contribution in [-0.2, 0) is 5.75 Å². The van der Waals surface area contributed by atoms with Crippen LogP contribution in [0.2, 0.25) is 0 Å². The van der Waals surface area contributed by atoms with Gasteiger partial charge in [0.05, 0.1) is 24.3 Å². The second-order valence-corrected chi connectivity index (χ2v) is 5.22. The smallest absolute Gasteiger partial charge is 0.274 e. The van der Waals surface area contributed by atoms with Crippen molar-refractivity contribution in [3.8, 4) is 5.75 Å². The standard InChI is InChI=1S/C13H20N4O4S/c1-21-12-3-2-4-14-11(12)10-22-8-6-16-13(9-17(19)20)15-5-7-18/h2-4,9,15-16,18H,5-8,10H2,1H3/b13-9+. The van der Waals surface area contributed by atoms with Crippen molar-refractivity contribution in [3.05, 3.63) is 46.2 Å². The molecule has 1 heterocycles. The highest BCUT2D eigenvalue weighted by Crippen LogP contribution is 2.19. The first kappa shape index (κ1) is 18.1. The lowest BCUT2D eigenvalue weighted by Crippen LogP contribution is -2.30. The molecule has 0 aromatic carbocycles. The van der Waals surface area contributed by atoms with Gasteiger partial charge in [-0.15, -0.1) is 0 Å². The molecule has 0 fully saturated rings. The predicted molar refractivity (Wildman–Crippen MR) is 85.1 cm³/mol. The van der Waals surface area contributed by atoms with Gasteiger partial charge in [-0.05, 0) is 12.1 Å². The fourth-order valence-corrected chi connectivity index (χ4v) is 2.39. The van der Waals surface area contributed by atoms with E-state index >= 15 is 0 Å². The Bertz CT molecular complexity index is 499. The van der Waals surface area contributed by atoms with E-state index in [4.69, 9.17) is 9.84 Å². The summed E-state index contributed by atoms with van der Waals surface area (Å²) in [6, 6.07) is 3.67. The zero-order valence-corrected chi connectivity index (χ0v) is 13.1. The summed E-state index contributed by atoms with van der Waals surface area (Å²) in [5, 5.41) is 24.9. The van der Waals surface area contributed by atoms with Crippen LogP contribution in [0.4, 0.5) is 0 Å². The number of aliphatic hydroxyl groups excluding tert-OH is 1. The molecule has 1 aromatic rings. The van der Waals surface area contributed by atoms with E-state index in [0.717, 1.165) is 23.4 Å². The average molecular weight is 328 g/mol. The van der Waals surface area contributed by atoms with Crippen molar-refractivity contribution in [2.75, 3.05) is 32.6 Å². The van der Waals surface area contributed by atoms with E-state index in [-0.39, 0.29) is 19.0 Å². The minimum Gasteiger partial charge on any atom is -0.495 e. The molecule has 22 heavy (non-hydrogen) atoms. The summed E-state index contributed by atoms with van der Waals surface area (Å²) in [4.78, 5) is 14.2. The van der Waals surface area contributed by atoms with Gasteiger partial charge in [-0.25, -0.2) is 0 Å². The number of aromatic nitrogens is 1. The van der Waals surface area contributed by atoms with Crippen LogP contribution in [0.3, 0.4) is 0 Å². The van der Waals surface area contributed by atoms with Crippen LogP contribution in [0.25, 0.3) is 0 Å². The fraction of sp³-hybridized carbons (Fsp3) is 0.462. The molecular formula is C13H20N4O4S. The van der Waals surface area contributed by atoms with Gasteiger partial charge in [0.15, 0.2) is 5.82 Å². The number of pyridine rings is 1. The summed E-state index contributed by atoms with van der Waals surface area (Å²) < 4.78 is 5.22. The Labute approximate surface area is 133 Å². The van der Waals surface area contributed by atoms with Crippen LogP contribution >= 0.6 is 11.8 Å². The van der Waals surface area contributed by atoms with Gasteiger partial charge in [-0.1, -0.05) is 0 Å². The lowest BCUT2D eigenvalue weighted by atomic mass is 10.3. The van der Waals surface area contributed by atoms with E-state index in [1.54, 1.807) is 25.1 Å². The zero-order valence-electron chi connectivity index (χ0n) is 12.3. The maximum atomic E-state index is 10.5. The molecule has 0 saturated heterocycles. The molecule has 1 aromatic heterocycles. The van der Waals surface area contributed by atoms with Gasteiger partial charge in [0.1, 0.15) is 5.75 Å². The number of thioether (sulfide) groups is 1. The molecule has 0 spiro atoms. The number of nitrogens with one attached hydrogen (secondary N) is 2. The van der Waals surface area contributed by atoms with Crippen molar-refractivity contribution < 1.29 is 14.8 Å². The molecule has 122 valence electrons. The number of aliphatic hydroxyl groups is 1. The second-order valence-electron chi connectivity index (χ2n) is 4.11. The summed E-state index contributed by atoms with van der Waals surface area (Å²) in [6.45, 7) is 0.716. The molecule has 3 N–H and O–H groups in total. The highest BCUT2D eigenvalue weighted by atomic mass is 32.2. The van der Waals surface area contributed by atoms with Gasteiger partial charge in [-0.3, -0.25) is 15.1 Å². The normalized spacial score (nSPS) is 11.1. The van der Waals surface area contributed by atoms with Crippen LogP contribution in [0.5, 0.6) is 5.75 Å². The quantitative estimate of drug-likeness (QED) is 0.307. The first-order valence-corrected chi connectivity index (χ1v) is 7.82. The number of ether oxygens (including phenoxy) is 1. The largest absolute Gasteiger partial charge is 0.495 e. The molecular weight excluding hydrogens is 308 g/mol. The van der Waals surface area contributed by atoms with Crippen molar-refractivity contribution in [1.29, 1.82) is 0 Å². The van der Waals surface area contributed by atoms with Crippen molar-refractivity contribution >= 4 is 11.8 Å². The van der Waals surface area contributed by atoms with Crippen molar-refractivity contribution in [1.82, 2.24) is 15.6 Å². The molecule has 0 unspecified atom stereocenters. The number of methoxy groups -OCH3 is 1. The number of rotatable bonds is 11. The first-order valence-electron chi connectivity index (χ1n) is 6.67. The van der Waals surface area contributed by atoms with E-state index in [1.165, 1.54) is 0 Å². The third-order valence-electron chi connectivity index (χ3n) is 2.53. The summed E-state index contributed by atoms with van der Waals surface area (Å²) >= 11 is 1.64. The molecule has 0 saturated carbocycles. The summed E-state index contributed by atoms with van der Waals surface area (Å²) in [5.74, 6) is 2.48. The molecule has 0 radical (unpaired) electrons. The molecule has 0 aliphatic rings. The summed E-state index contributed by atoms with van der Waals surface area (Å²) in [7, 11) is 1.61. The number of nitro groups is 1. The maximum Gasteiger partial charge on any atom is 0.274 e. The van der Waals surface area contributed by atoms with Crippen LogP contribution in [0.1, 0.15) is 5.69 Å². The van der Waals surface area contributed by atoms with E-state index in [1.807, 2.05) is 12.1 Å². The maximum absolute atomic E-state index is 10.5. The van der Waals surface area contributed by atoms with Gasteiger partial charge in [-0.2, -0.15) is 11.8 Å². The fourth-order valence-electron chi connectivity index (χ4n) is 1.59. The monoisotopic (exact) mass is 328 g/mol. The van der Waals surface area contributed by atoms with E-state index < -0.39 is 4.92 Å². The third kappa shape index (κ3) is 7.14.